The van der Waals surface area contributed by atoms with Gasteiger partial charge in [-0.1, -0.05) is 23.7 Å². The highest BCUT2D eigenvalue weighted by atomic mass is 35.5. The summed E-state index contributed by atoms with van der Waals surface area (Å²) < 4.78 is 3.36. The minimum absolute atomic E-state index is 0.0826. The number of hydrogen-bond acceptors (Lipinski definition) is 5. The predicted molar refractivity (Wildman–Crippen MR) is 119 cm³/mol. The van der Waals surface area contributed by atoms with Gasteiger partial charge in [-0.25, -0.2) is 9.97 Å². The topological polar surface area (TPSA) is 54.2 Å². The number of halogens is 1. The summed E-state index contributed by atoms with van der Waals surface area (Å²) in [7, 11) is 0. The van der Waals surface area contributed by atoms with E-state index in [4.69, 9.17) is 21.6 Å². The van der Waals surface area contributed by atoms with Crippen molar-refractivity contribution in [2.45, 2.75) is 31.8 Å². The molecule has 1 saturated heterocycles. The number of aromatic nitrogens is 3. The molecule has 1 aliphatic heterocycles. The monoisotopic (exact) mass is 426 g/mol. The lowest BCUT2D eigenvalue weighted by Gasteiger charge is -2.31. The van der Waals surface area contributed by atoms with Gasteiger partial charge >= 0.3 is 0 Å². The van der Waals surface area contributed by atoms with Gasteiger partial charge in [-0.15, -0.1) is 11.3 Å². The van der Waals surface area contributed by atoms with Crippen LogP contribution in [0.2, 0.25) is 5.02 Å². The molecular weight excluding hydrogens is 404 g/mol. The molecule has 1 N–H and O–H groups in total. The van der Waals surface area contributed by atoms with Gasteiger partial charge in [-0.3, -0.25) is 4.90 Å². The quantitative estimate of drug-likeness (QED) is 0.503. The first-order chi connectivity index (χ1) is 14.2. The zero-order chi connectivity index (χ0) is 19.8. The van der Waals surface area contributed by atoms with E-state index in [0.717, 1.165) is 48.4 Å². The van der Waals surface area contributed by atoms with E-state index in [1.807, 2.05) is 29.5 Å². The highest BCUT2D eigenvalue weighted by Crippen LogP contribution is 2.33. The summed E-state index contributed by atoms with van der Waals surface area (Å²) in [5.41, 5.74) is 3.02. The van der Waals surface area contributed by atoms with E-state index in [0.29, 0.717) is 17.5 Å². The number of para-hydroxylation sites is 1. The fourth-order valence-electron chi connectivity index (χ4n) is 4.28. The van der Waals surface area contributed by atoms with Crippen LogP contribution in [0.3, 0.4) is 0 Å². The molecular formula is C22H23ClN4OS. The third-order valence-corrected chi connectivity index (χ3v) is 7.08. The molecule has 0 spiro atoms. The molecule has 1 atom stereocenters. The SMILES string of the molecule is OCCn1c(CN2CCC[C@H](c3nc4ccccc4s3)C2)nc2ccc(Cl)cc21. The molecule has 5 nitrogen and oxygen atoms in total. The smallest absolute Gasteiger partial charge is 0.124 e. The Hall–Kier alpha value is -1.99. The Morgan fingerprint density at radius 3 is 2.90 bits per heavy atom. The minimum Gasteiger partial charge on any atom is -0.395 e. The molecule has 0 radical (unpaired) electrons. The second kappa shape index (κ2) is 8.03. The Balaban J connectivity index is 1.39. The second-order valence-corrected chi connectivity index (χ2v) is 9.13. The van der Waals surface area contributed by atoms with Gasteiger partial charge in [-0.2, -0.15) is 0 Å². The zero-order valence-electron chi connectivity index (χ0n) is 16.1. The van der Waals surface area contributed by atoms with Crippen molar-refractivity contribution in [3.8, 4) is 0 Å². The molecule has 2 aromatic carbocycles. The van der Waals surface area contributed by atoms with E-state index >= 15 is 0 Å². The van der Waals surface area contributed by atoms with Crippen LogP contribution in [0, 0.1) is 0 Å². The number of hydrogen-bond donors (Lipinski definition) is 1. The van der Waals surface area contributed by atoms with Crippen molar-refractivity contribution in [3.63, 3.8) is 0 Å². The van der Waals surface area contributed by atoms with E-state index < -0.39 is 0 Å². The van der Waals surface area contributed by atoms with Crippen LogP contribution in [0.5, 0.6) is 0 Å². The Bertz CT molecular complexity index is 1120. The van der Waals surface area contributed by atoms with Crippen molar-refractivity contribution in [2.24, 2.45) is 0 Å². The molecule has 7 heteroatoms. The number of nitrogens with zero attached hydrogens (tertiary/aromatic N) is 4. The first-order valence-corrected chi connectivity index (χ1v) is 11.2. The van der Waals surface area contributed by atoms with Crippen molar-refractivity contribution < 1.29 is 5.11 Å². The summed E-state index contributed by atoms with van der Waals surface area (Å²) >= 11 is 8.02. The van der Waals surface area contributed by atoms with Gasteiger partial charge in [0.15, 0.2) is 0 Å². The van der Waals surface area contributed by atoms with Gasteiger partial charge in [-0.05, 0) is 49.7 Å². The van der Waals surface area contributed by atoms with Crippen molar-refractivity contribution in [1.82, 2.24) is 19.4 Å². The van der Waals surface area contributed by atoms with Gasteiger partial charge in [0.2, 0.25) is 0 Å². The van der Waals surface area contributed by atoms with E-state index in [-0.39, 0.29) is 6.61 Å². The van der Waals surface area contributed by atoms with Crippen molar-refractivity contribution in [2.75, 3.05) is 19.7 Å². The molecule has 150 valence electrons. The molecule has 4 aromatic rings. The maximum atomic E-state index is 9.55. The number of imidazole rings is 1. The largest absolute Gasteiger partial charge is 0.395 e. The van der Waals surface area contributed by atoms with Crippen LogP contribution in [-0.4, -0.2) is 44.2 Å². The fraction of sp³-hybridized carbons (Fsp3) is 0.364. The molecule has 0 amide bonds. The number of fused-ring (bicyclic) bond motifs is 2. The number of piperidine rings is 1. The first kappa shape index (κ1) is 19.0. The average molecular weight is 427 g/mol. The van der Waals surface area contributed by atoms with Gasteiger partial charge in [0.1, 0.15) is 5.82 Å². The van der Waals surface area contributed by atoms with Crippen LogP contribution in [0.1, 0.15) is 29.6 Å². The Labute approximate surface area is 178 Å². The lowest BCUT2D eigenvalue weighted by Crippen LogP contribution is -2.34. The average Bonchev–Trinajstić information content (AvgIpc) is 3.30. The highest BCUT2D eigenvalue weighted by Gasteiger charge is 2.25. The van der Waals surface area contributed by atoms with E-state index in [1.165, 1.54) is 16.1 Å². The molecule has 0 bridgehead atoms. The normalized spacial score (nSPS) is 18.1. The minimum atomic E-state index is 0.0826. The summed E-state index contributed by atoms with van der Waals surface area (Å²) in [5.74, 6) is 1.45. The van der Waals surface area contributed by atoms with E-state index in [2.05, 4.69) is 33.7 Å². The molecule has 0 unspecified atom stereocenters. The summed E-state index contributed by atoms with van der Waals surface area (Å²) in [6, 6.07) is 14.1. The van der Waals surface area contributed by atoms with Gasteiger partial charge in [0.05, 0.1) is 39.4 Å². The van der Waals surface area contributed by atoms with Gasteiger partial charge in [0.25, 0.3) is 0 Å². The summed E-state index contributed by atoms with van der Waals surface area (Å²) in [4.78, 5) is 12.2. The number of rotatable bonds is 5. The second-order valence-electron chi connectivity index (χ2n) is 7.63. The number of likely N-dealkylation sites (tertiary alicyclic amines) is 1. The summed E-state index contributed by atoms with van der Waals surface area (Å²) in [6.07, 6.45) is 2.34. The maximum absolute atomic E-state index is 9.55. The third-order valence-electron chi connectivity index (χ3n) is 5.64. The van der Waals surface area contributed by atoms with Crippen molar-refractivity contribution >= 4 is 44.2 Å². The Morgan fingerprint density at radius 1 is 1.14 bits per heavy atom. The molecule has 0 saturated carbocycles. The lowest BCUT2D eigenvalue weighted by atomic mass is 9.99. The molecule has 3 heterocycles. The highest BCUT2D eigenvalue weighted by molar-refractivity contribution is 7.18. The predicted octanol–water partition coefficient (Wildman–Crippen LogP) is 4.67. The van der Waals surface area contributed by atoms with Crippen LogP contribution in [-0.2, 0) is 13.1 Å². The van der Waals surface area contributed by atoms with E-state index in [1.54, 1.807) is 0 Å². The lowest BCUT2D eigenvalue weighted by molar-refractivity contribution is 0.191. The maximum Gasteiger partial charge on any atom is 0.124 e. The third kappa shape index (κ3) is 3.78. The number of aliphatic hydroxyl groups is 1. The number of aliphatic hydroxyl groups excluding tert-OH is 1. The number of thiazole rings is 1. The van der Waals surface area contributed by atoms with Crippen molar-refractivity contribution in [3.05, 3.63) is 58.3 Å². The van der Waals surface area contributed by atoms with Crippen LogP contribution < -0.4 is 0 Å². The standard InChI is InChI=1S/C22H23ClN4OS/c23-16-7-8-17-19(12-16)27(10-11-28)21(24-17)14-26-9-3-4-15(13-26)22-25-18-5-1-2-6-20(18)29-22/h1-2,5-8,12,15,28H,3-4,9-11,13-14H2/t15-/m0/s1. The Morgan fingerprint density at radius 2 is 2.03 bits per heavy atom. The molecule has 1 fully saturated rings. The molecule has 5 rings (SSSR count). The van der Waals surface area contributed by atoms with Crippen LogP contribution >= 0.6 is 22.9 Å². The summed E-state index contributed by atoms with van der Waals surface area (Å²) in [6.45, 7) is 3.43. The van der Waals surface area contributed by atoms with Gasteiger partial charge < -0.3 is 9.67 Å². The van der Waals surface area contributed by atoms with Crippen LogP contribution in [0.4, 0.5) is 0 Å². The Kier molecular flexibility index (Phi) is 5.26. The van der Waals surface area contributed by atoms with Crippen LogP contribution in [0.25, 0.3) is 21.3 Å². The fourth-order valence-corrected chi connectivity index (χ4v) is 5.54. The summed E-state index contributed by atoms with van der Waals surface area (Å²) in [5, 5.41) is 11.5. The molecule has 1 aliphatic rings. The van der Waals surface area contributed by atoms with E-state index in [9.17, 15) is 5.11 Å². The van der Waals surface area contributed by atoms with Crippen molar-refractivity contribution in [1.29, 1.82) is 0 Å². The molecule has 29 heavy (non-hydrogen) atoms. The first-order valence-electron chi connectivity index (χ1n) is 10.0. The molecule has 0 aliphatic carbocycles. The number of benzene rings is 2. The van der Waals surface area contributed by atoms with Crippen LogP contribution in [0.15, 0.2) is 42.5 Å². The zero-order valence-corrected chi connectivity index (χ0v) is 17.7. The molecule has 2 aromatic heterocycles. The van der Waals surface area contributed by atoms with Gasteiger partial charge in [0, 0.05) is 24.0 Å².